The topological polar surface area (TPSA) is 93.8 Å². The van der Waals surface area contributed by atoms with Gasteiger partial charge in [0.05, 0.1) is 11.2 Å². The fourth-order valence-electron chi connectivity index (χ4n) is 2.72. The van der Waals surface area contributed by atoms with Crippen LogP contribution in [0, 0.1) is 0 Å². The van der Waals surface area contributed by atoms with Crippen molar-refractivity contribution >= 4 is 15.8 Å². The van der Waals surface area contributed by atoms with Gasteiger partial charge < -0.3 is 14.3 Å². The molecule has 0 spiro atoms. The van der Waals surface area contributed by atoms with Crippen molar-refractivity contribution in [2.24, 2.45) is 0 Å². The van der Waals surface area contributed by atoms with Gasteiger partial charge in [-0.25, -0.2) is 13.2 Å². The molecule has 0 saturated carbocycles. The summed E-state index contributed by atoms with van der Waals surface area (Å²) in [7, 11) is -3.79. The van der Waals surface area contributed by atoms with Gasteiger partial charge in [0.15, 0.2) is 0 Å². The Hall–Kier alpha value is -1.34. The third-order valence-electron chi connectivity index (χ3n) is 3.44. The van der Waals surface area contributed by atoms with Gasteiger partial charge in [0.25, 0.3) is 0 Å². The van der Waals surface area contributed by atoms with Crippen LogP contribution in [0.1, 0.15) is 44.7 Å². The molecule has 1 aliphatic heterocycles. The van der Waals surface area contributed by atoms with Crippen molar-refractivity contribution in [2.45, 2.75) is 55.7 Å². The normalized spacial score (nSPS) is 24.7. The SMILES string of the molecule is CC1(C)CC(S(=O)(=O)c2ccc(C(=O)O)o2)C(C)(C)O1. The van der Waals surface area contributed by atoms with Crippen LogP contribution in [0.25, 0.3) is 0 Å². The first-order valence-corrected chi connectivity index (χ1v) is 7.77. The molecule has 0 aliphatic carbocycles. The van der Waals surface area contributed by atoms with Crippen molar-refractivity contribution in [1.82, 2.24) is 0 Å². The van der Waals surface area contributed by atoms with Crippen molar-refractivity contribution in [3.63, 3.8) is 0 Å². The monoisotopic (exact) mass is 302 g/mol. The van der Waals surface area contributed by atoms with E-state index < -0.39 is 32.3 Å². The summed E-state index contributed by atoms with van der Waals surface area (Å²) in [6, 6.07) is 2.32. The van der Waals surface area contributed by atoms with Gasteiger partial charge in [0.1, 0.15) is 5.25 Å². The second-order valence-electron chi connectivity index (χ2n) is 6.13. The highest BCUT2D eigenvalue weighted by molar-refractivity contribution is 7.92. The number of aromatic carboxylic acids is 1. The average molecular weight is 302 g/mol. The van der Waals surface area contributed by atoms with Crippen molar-refractivity contribution in [1.29, 1.82) is 0 Å². The van der Waals surface area contributed by atoms with Crippen LogP contribution in [0.2, 0.25) is 0 Å². The summed E-state index contributed by atoms with van der Waals surface area (Å²) in [6.07, 6.45) is 0.325. The van der Waals surface area contributed by atoms with E-state index in [4.69, 9.17) is 14.3 Å². The van der Waals surface area contributed by atoms with Crippen molar-refractivity contribution in [3.8, 4) is 0 Å². The lowest BCUT2D eigenvalue weighted by Crippen LogP contribution is -2.38. The second-order valence-corrected chi connectivity index (χ2v) is 8.19. The third kappa shape index (κ3) is 2.47. The van der Waals surface area contributed by atoms with Crippen molar-refractivity contribution in [3.05, 3.63) is 17.9 Å². The molecule has 0 bridgehead atoms. The number of carboxylic acid groups (broad SMARTS) is 1. The lowest BCUT2D eigenvalue weighted by atomic mass is 10.0. The molecule has 2 heterocycles. The first-order chi connectivity index (χ1) is 8.96. The molecule has 1 aromatic rings. The number of carbonyl (C=O) groups is 1. The smallest absolute Gasteiger partial charge is 0.371 e. The zero-order valence-electron chi connectivity index (χ0n) is 11.8. The molecule has 20 heavy (non-hydrogen) atoms. The molecule has 1 unspecified atom stereocenters. The van der Waals surface area contributed by atoms with Gasteiger partial charge in [0.2, 0.25) is 20.7 Å². The lowest BCUT2D eigenvalue weighted by molar-refractivity contribution is -0.0636. The van der Waals surface area contributed by atoms with Gasteiger partial charge in [-0.05, 0) is 46.2 Å². The highest BCUT2D eigenvalue weighted by Gasteiger charge is 2.53. The molecule has 112 valence electrons. The zero-order chi connectivity index (χ0) is 15.3. The number of sulfone groups is 1. The van der Waals surface area contributed by atoms with Crippen molar-refractivity contribution < 1.29 is 27.5 Å². The standard InChI is InChI=1S/C13H18O6S/c1-12(2)7-9(13(3,4)19-12)20(16,17)10-6-5-8(18-10)11(14)15/h5-6,9H,7H2,1-4H3,(H,14,15). The molecule has 1 aromatic heterocycles. The fraction of sp³-hybridized carbons (Fsp3) is 0.615. The summed E-state index contributed by atoms with van der Waals surface area (Å²) in [5, 5.41) is 7.70. The van der Waals surface area contributed by atoms with Crippen LogP contribution < -0.4 is 0 Å². The van der Waals surface area contributed by atoms with Gasteiger partial charge >= 0.3 is 5.97 Å². The molecular weight excluding hydrogens is 284 g/mol. The molecule has 1 N–H and O–H groups in total. The van der Waals surface area contributed by atoms with Crippen LogP contribution in [0.5, 0.6) is 0 Å². The minimum atomic E-state index is -3.79. The largest absolute Gasteiger partial charge is 0.475 e. The number of rotatable bonds is 3. The maximum Gasteiger partial charge on any atom is 0.371 e. The zero-order valence-corrected chi connectivity index (χ0v) is 12.7. The fourth-order valence-corrected chi connectivity index (χ4v) is 4.88. The molecule has 1 aliphatic rings. The maximum atomic E-state index is 12.6. The van der Waals surface area contributed by atoms with E-state index in [-0.39, 0.29) is 10.9 Å². The predicted octanol–water partition coefficient (Wildman–Crippen LogP) is 2.10. The van der Waals surface area contributed by atoms with E-state index >= 15 is 0 Å². The summed E-state index contributed by atoms with van der Waals surface area (Å²) >= 11 is 0. The molecule has 1 saturated heterocycles. The Kier molecular flexibility index (Phi) is 3.26. The van der Waals surface area contributed by atoms with Gasteiger partial charge in [0, 0.05) is 0 Å². The number of hydrogen-bond donors (Lipinski definition) is 1. The quantitative estimate of drug-likeness (QED) is 0.919. The van der Waals surface area contributed by atoms with E-state index in [0.717, 1.165) is 6.07 Å². The molecule has 1 fully saturated rings. The van der Waals surface area contributed by atoms with Crippen LogP contribution in [0.15, 0.2) is 21.6 Å². The molecule has 0 aromatic carbocycles. The Morgan fingerprint density at radius 3 is 2.30 bits per heavy atom. The summed E-state index contributed by atoms with van der Waals surface area (Å²) in [4.78, 5) is 10.8. The molecule has 1 atom stereocenters. The highest BCUT2D eigenvalue weighted by Crippen LogP contribution is 2.43. The number of carboxylic acids is 1. The molecule has 6 nitrogen and oxygen atoms in total. The lowest BCUT2D eigenvalue weighted by Gasteiger charge is -2.26. The Bertz CT molecular complexity index is 638. The minimum absolute atomic E-state index is 0.325. The van der Waals surface area contributed by atoms with Gasteiger partial charge in [-0.1, -0.05) is 0 Å². The van der Waals surface area contributed by atoms with Gasteiger partial charge in [-0.3, -0.25) is 0 Å². The summed E-state index contributed by atoms with van der Waals surface area (Å²) in [6.45, 7) is 7.08. The minimum Gasteiger partial charge on any atom is -0.475 e. The Morgan fingerprint density at radius 1 is 1.30 bits per heavy atom. The third-order valence-corrected chi connectivity index (χ3v) is 5.70. The Balaban J connectivity index is 2.42. The van der Waals surface area contributed by atoms with E-state index in [1.165, 1.54) is 6.07 Å². The van der Waals surface area contributed by atoms with Gasteiger partial charge in [-0.2, -0.15) is 0 Å². The average Bonchev–Trinajstić information content (AvgIpc) is 2.80. The van der Waals surface area contributed by atoms with E-state index in [9.17, 15) is 13.2 Å². The summed E-state index contributed by atoms with van der Waals surface area (Å²) in [5.74, 6) is -1.69. The molecule has 0 radical (unpaired) electrons. The van der Waals surface area contributed by atoms with Crippen molar-refractivity contribution in [2.75, 3.05) is 0 Å². The van der Waals surface area contributed by atoms with Gasteiger partial charge in [-0.15, -0.1) is 0 Å². The van der Waals surface area contributed by atoms with Crippen LogP contribution in [-0.2, 0) is 14.6 Å². The van der Waals surface area contributed by atoms with Crippen LogP contribution in [0.3, 0.4) is 0 Å². The number of furan rings is 1. The Morgan fingerprint density at radius 2 is 1.90 bits per heavy atom. The summed E-state index contributed by atoms with van der Waals surface area (Å²) in [5.41, 5.74) is -1.41. The van der Waals surface area contributed by atoms with E-state index in [2.05, 4.69) is 0 Å². The van der Waals surface area contributed by atoms with E-state index in [1.807, 2.05) is 13.8 Å². The molecular formula is C13H18O6S. The number of ether oxygens (including phenoxy) is 1. The van der Waals surface area contributed by atoms with Crippen LogP contribution in [-0.4, -0.2) is 35.9 Å². The van der Waals surface area contributed by atoms with Crippen LogP contribution >= 0.6 is 0 Å². The van der Waals surface area contributed by atoms with E-state index in [1.54, 1.807) is 13.8 Å². The first-order valence-electron chi connectivity index (χ1n) is 6.23. The predicted molar refractivity (Wildman–Crippen MR) is 70.5 cm³/mol. The summed E-state index contributed by atoms with van der Waals surface area (Å²) < 4.78 is 35.9. The molecule has 7 heteroatoms. The maximum absolute atomic E-state index is 12.6. The molecule has 2 rings (SSSR count). The second kappa shape index (κ2) is 4.33. The highest BCUT2D eigenvalue weighted by atomic mass is 32.2. The van der Waals surface area contributed by atoms with E-state index in [0.29, 0.717) is 6.42 Å². The first kappa shape index (κ1) is 15.1. The Labute approximate surface area is 117 Å². The molecule has 0 amide bonds. The number of hydrogen-bond acceptors (Lipinski definition) is 5. The van der Waals surface area contributed by atoms with Crippen LogP contribution in [0.4, 0.5) is 0 Å².